The lowest BCUT2D eigenvalue weighted by atomic mass is 9.90. The molecule has 0 saturated carbocycles. The molecule has 1 amide bonds. The molecule has 1 N–H and O–H groups in total. The molecular formula is C29H27N3O4. The molecule has 3 aromatic carbocycles. The van der Waals surface area contributed by atoms with Gasteiger partial charge in [-0.25, -0.2) is 5.01 Å². The van der Waals surface area contributed by atoms with E-state index in [-0.39, 0.29) is 11.5 Å². The van der Waals surface area contributed by atoms with Crippen molar-refractivity contribution in [1.82, 2.24) is 9.99 Å². The van der Waals surface area contributed by atoms with Crippen molar-refractivity contribution in [3.8, 4) is 22.6 Å². The van der Waals surface area contributed by atoms with Crippen molar-refractivity contribution in [3.05, 3.63) is 93.8 Å². The summed E-state index contributed by atoms with van der Waals surface area (Å²) in [5.41, 5.74) is 5.08. The Labute approximate surface area is 209 Å². The third-order valence-electron chi connectivity index (χ3n) is 6.55. The number of aromatic amines is 1. The number of hydrogen-bond donors (Lipinski definition) is 1. The highest BCUT2D eigenvalue weighted by molar-refractivity contribution is 6.13. The third kappa shape index (κ3) is 4.02. The number of carbonyl (C=O) groups is 1. The first-order valence-corrected chi connectivity index (χ1v) is 11.7. The number of rotatable bonds is 5. The lowest BCUT2D eigenvalue weighted by Gasteiger charge is -2.23. The first kappa shape index (κ1) is 23.4. The number of nitrogens with one attached hydrogen (secondary N) is 1. The molecule has 182 valence electrons. The Morgan fingerprint density at radius 1 is 1.00 bits per heavy atom. The number of aromatic nitrogens is 1. The van der Waals surface area contributed by atoms with Crippen molar-refractivity contribution in [2.45, 2.75) is 26.3 Å². The fourth-order valence-corrected chi connectivity index (χ4v) is 4.88. The van der Waals surface area contributed by atoms with Gasteiger partial charge in [-0.1, -0.05) is 42.0 Å². The van der Waals surface area contributed by atoms with Gasteiger partial charge >= 0.3 is 0 Å². The van der Waals surface area contributed by atoms with Gasteiger partial charge in [-0.05, 0) is 42.8 Å². The molecule has 5 rings (SSSR count). The van der Waals surface area contributed by atoms with Gasteiger partial charge in [-0.15, -0.1) is 0 Å². The lowest BCUT2D eigenvalue weighted by Crippen LogP contribution is -2.24. The van der Waals surface area contributed by atoms with Crippen LogP contribution in [0.15, 0.2) is 76.6 Å². The Balaban J connectivity index is 1.74. The van der Waals surface area contributed by atoms with Crippen LogP contribution in [-0.2, 0) is 4.79 Å². The van der Waals surface area contributed by atoms with Gasteiger partial charge in [0.05, 0.1) is 31.5 Å². The van der Waals surface area contributed by atoms with E-state index in [4.69, 9.17) is 14.6 Å². The Hall–Kier alpha value is -4.39. The van der Waals surface area contributed by atoms with E-state index in [0.717, 1.165) is 33.2 Å². The number of aryl methyl sites for hydroxylation is 1. The summed E-state index contributed by atoms with van der Waals surface area (Å²) in [5.74, 6) is 1.04. The van der Waals surface area contributed by atoms with Crippen molar-refractivity contribution >= 4 is 22.5 Å². The van der Waals surface area contributed by atoms with Crippen molar-refractivity contribution < 1.29 is 14.3 Å². The maximum atomic E-state index is 13.6. The van der Waals surface area contributed by atoms with Crippen LogP contribution in [0.5, 0.6) is 11.5 Å². The molecule has 7 nitrogen and oxygen atoms in total. The predicted molar refractivity (Wildman–Crippen MR) is 141 cm³/mol. The Morgan fingerprint density at radius 3 is 2.47 bits per heavy atom. The van der Waals surface area contributed by atoms with E-state index in [0.29, 0.717) is 29.2 Å². The second kappa shape index (κ2) is 9.34. The molecule has 2 heterocycles. The third-order valence-corrected chi connectivity index (χ3v) is 6.55. The highest BCUT2D eigenvalue weighted by Crippen LogP contribution is 2.41. The van der Waals surface area contributed by atoms with Crippen LogP contribution in [0.25, 0.3) is 22.0 Å². The monoisotopic (exact) mass is 481 g/mol. The minimum absolute atomic E-state index is 0.228. The van der Waals surface area contributed by atoms with E-state index in [2.05, 4.69) is 11.1 Å². The van der Waals surface area contributed by atoms with Gasteiger partial charge in [0, 0.05) is 35.4 Å². The maximum absolute atomic E-state index is 13.6. The first-order valence-electron chi connectivity index (χ1n) is 11.7. The summed E-state index contributed by atoms with van der Waals surface area (Å²) in [6.07, 6.45) is 0.351. The molecule has 0 fully saturated rings. The number of ether oxygens (including phenoxy) is 2. The molecule has 1 aromatic heterocycles. The summed E-state index contributed by atoms with van der Waals surface area (Å²) >= 11 is 0. The molecule has 36 heavy (non-hydrogen) atoms. The quantitative estimate of drug-likeness (QED) is 0.424. The first-order chi connectivity index (χ1) is 17.4. The van der Waals surface area contributed by atoms with Crippen molar-refractivity contribution in [2.24, 2.45) is 5.10 Å². The summed E-state index contributed by atoms with van der Waals surface area (Å²) in [5, 5.41) is 7.06. The second-order valence-electron chi connectivity index (χ2n) is 8.86. The largest absolute Gasteiger partial charge is 0.497 e. The van der Waals surface area contributed by atoms with Gasteiger partial charge in [0.25, 0.3) is 5.56 Å². The van der Waals surface area contributed by atoms with Crippen LogP contribution in [0.1, 0.15) is 36.1 Å². The number of hydrazone groups is 1. The summed E-state index contributed by atoms with van der Waals surface area (Å²) in [4.78, 5) is 29.3. The zero-order chi connectivity index (χ0) is 25.4. The maximum Gasteiger partial charge on any atom is 0.258 e. The van der Waals surface area contributed by atoms with E-state index < -0.39 is 6.04 Å². The van der Waals surface area contributed by atoms with Gasteiger partial charge in [-0.3, -0.25) is 9.59 Å². The minimum Gasteiger partial charge on any atom is -0.497 e. The van der Waals surface area contributed by atoms with Crippen LogP contribution in [0.3, 0.4) is 0 Å². The number of methoxy groups -OCH3 is 2. The Kier molecular flexibility index (Phi) is 6.06. The smallest absolute Gasteiger partial charge is 0.258 e. The van der Waals surface area contributed by atoms with Crippen LogP contribution in [0, 0.1) is 6.92 Å². The lowest BCUT2D eigenvalue weighted by molar-refractivity contribution is -0.130. The Morgan fingerprint density at radius 2 is 1.78 bits per heavy atom. The van der Waals surface area contributed by atoms with E-state index >= 15 is 0 Å². The number of carbonyl (C=O) groups excluding carboxylic acids is 1. The highest BCUT2D eigenvalue weighted by atomic mass is 16.5. The van der Waals surface area contributed by atoms with Crippen LogP contribution < -0.4 is 15.0 Å². The molecule has 0 radical (unpaired) electrons. The number of nitrogens with zero attached hydrogens (tertiary/aromatic N) is 2. The van der Waals surface area contributed by atoms with Gasteiger partial charge in [0.2, 0.25) is 5.91 Å². The van der Waals surface area contributed by atoms with Gasteiger partial charge in [0.1, 0.15) is 11.5 Å². The average molecular weight is 482 g/mol. The number of hydrogen-bond acceptors (Lipinski definition) is 5. The normalized spacial score (nSPS) is 15.2. The molecule has 4 aromatic rings. The fraction of sp³-hybridized carbons (Fsp3) is 0.207. The number of fused-ring (bicyclic) bond motifs is 1. The van der Waals surface area contributed by atoms with Crippen LogP contribution in [0.4, 0.5) is 0 Å². The molecule has 0 saturated heterocycles. The zero-order valence-electron chi connectivity index (χ0n) is 20.7. The van der Waals surface area contributed by atoms with Crippen LogP contribution >= 0.6 is 0 Å². The van der Waals surface area contributed by atoms with E-state index in [1.54, 1.807) is 20.3 Å². The second-order valence-corrected chi connectivity index (χ2v) is 8.86. The van der Waals surface area contributed by atoms with Crippen molar-refractivity contribution in [2.75, 3.05) is 14.2 Å². The summed E-state index contributed by atoms with van der Waals surface area (Å²) in [7, 11) is 3.18. The topological polar surface area (TPSA) is 84.0 Å². The molecule has 0 bridgehead atoms. The number of pyridine rings is 1. The van der Waals surface area contributed by atoms with Gasteiger partial charge < -0.3 is 14.5 Å². The summed E-state index contributed by atoms with van der Waals surface area (Å²) < 4.78 is 11.0. The van der Waals surface area contributed by atoms with Crippen LogP contribution in [0.2, 0.25) is 0 Å². The molecular weight excluding hydrogens is 454 g/mol. The molecule has 0 aliphatic carbocycles. The van der Waals surface area contributed by atoms with Crippen LogP contribution in [-0.4, -0.2) is 35.8 Å². The zero-order valence-corrected chi connectivity index (χ0v) is 20.7. The molecule has 0 spiro atoms. The predicted octanol–water partition coefficient (Wildman–Crippen LogP) is 5.22. The standard InChI is InChI=1S/C29H27N3O4/c1-17-10-12-23-21(14-17)27(19-8-6-5-7-9-19)28(29(34)30-23)24-16-25(32(31-24)18(2)33)22-15-20(35-3)11-13-26(22)36-4/h5-15,25H,16H2,1-4H3,(H,30,34)/t25-/m1/s1. The van der Waals surface area contributed by atoms with Gasteiger partial charge in [-0.2, -0.15) is 5.10 Å². The number of benzene rings is 3. The molecule has 1 atom stereocenters. The SMILES string of the molecule is COc1ccc(OC)c([C@H]2CC(c3c(-c4ccccc4)c4cc(C)ccc4[nH]c3=O)=NN2C(C)=O)c1. The van der Waals surface area contributed by atoms with Crippen molar-refractivity contribution in [1.29, 1.82) is 0 Å². The van der Waals surface area contributed by atoms with E-state index in [9.17, 15) is 9.59 Å². The summed E-state index contributed by atoms with van der Waals surface area (Å²) in [6.45, 7) is 3.49. The van der Waals surface area contributed by atoms with E-state index in [1.807, 2.05) is 61.5 Å². The van der Waals surface area contributed by atoms with E-state index in [1.165, 1.54) is 11.9 Å². The average Bonchev–Trinajstić information content (AvgIpc) is 3.33. The van der Waals surface area contributed by atoms with Gasteiger partial charge in [0.15, 0.2) is 0 Å². The number of amides is 1. The molecule has 1 aliphatic heterocycles. The Bertz CT molecular complexity index is 1560. The van der Waals surface area contributed by atoms with Crippen molar-refractivity contribution in [3.63, 3.8) is 0 Å². The molecule has 7 heteroatoms. The number of H-pyrrole nitrogens is 1. The molecule has 0 unspecified atom stereocenters. The molecule has 1 aliphatic rings. The summed E-state index contributed by atoms with van der Waals surface area (Å²) in [6, 6.07) is 20.8. The minimum atomic E-state index is -0.446. The highest BCUT2D eigenvalue weighted by Gasteiger charge is 2.36. The fourth-order valence-electron chi connectivity index (χ4n) is 4.88.